The lowest BCUT2D eigenvalue weighted by atomic mass is 9.99. The topological polar surface area (TPSA) is 180 Å². The quantitative estimate of drug-likeness (QED) is 0.103. The predicted octanol–water partition coefficient (Wildman–Crippen LogP) is 2.84. The lowest BCUT2D eigenvalue weighted by molar-refractivity contribution is -0.384. The first-order chi connectivity index (χ1) is 19.3. The van der Waals surface area contributed by atoms with Gasteiger partial charge in [0.15, 0.2) is 6.29 Å². The number of anilines is 1. The van der Waals surface area contributed by atoms with Crippen LogP contribution in [-0.2, 0) is 14.2 Å². The number of ether oxygens (including phenoxy) is 3. The van der Waals surface area contributed by atoms with Gasteiger partial charge >= 0.3 is 0 Å². The van der Waals surface area contributed by atoms with Gasteiger partial charge in [0.05, 0.1) is 29.5 Å². The number of nitrogens with zero attached hydrogens (tertiary/aromatic N) is 4. The van der Waals surface area contributed by atoms with Crippen LogP contribution in [0.1, 0.15) is 26.2 Å². The minimum Gasteiger partial charge on any atom is -0.394 e. The Labute approximate surface area is 232 Å². The van der Waals surface area contributed by atoms with Crippen LogP contribution in [0.15, 0.2) is 58.8 Å². The molecule has 3 rings (SSSR count). The number of rotatable bonds is 16. The van der Waals surface area contributed by atoms with Gasteiger partial charge in [0.1, 0.15) is 24.4 Å². The standard InChI is InChI=1S/C27H38N4O9/c1-2-30(21-10-6-19(7-11-21)28-29-20-8-12-22(13-9-20)31(36)37)14-17-38-15-4-3-5-16-39-26-24(33)23(18-32)40-27(35)25(26)34/h6-13,23-27,32-35H,2-5,14-18H2,1H3/t23-,24-,25-,26+,27?/m1/s1. The van der Waals surface area contributed by atoms with Gasteiger partial charge in [-0.05, 0) is 62.6 Å². The minimum atomic E-state index is -1.51. The number of unbranched alkanes of at least 4 members (excludes halogenated alkanes) is 2. The second-order valence-corrected chi connectivity index (χ2v) is 9.31. The third kappa shape index (κ3) is 9.27. The molecule has 1 aliphatic heterocycles. The number of hydrogen-bond donors (Lipinski definition) is 4. The highest BCUT2D eigenvalue weighted by Crippen LogP contribution is 2.24. The first kappa shape index (κ1) is 31.5. The van der Waals surface area contributed by atoms with Crippen LogP contribution in [0.25, 0.3) is 0 Å². The van der Waals surface area contributed by atoms with Crippen molar-refractivity contribution in [2.45, 2.75) is 56.9 Å². The molecule has 1 aliphatic rings. The Balaban J connectivity index is 1.31. The number of non-ortho nitro benzene ring substituents is 1. The Kier molecular flexibility index (Phi) is 12.8. The molecule has 220 valence electrons. The monoisotopic (exact) mass is 562 g/mol. The van der Waals surface area contributed by atoms with E-state index in [-0.39, 0.29) is 12.3 Å². The maximum atomic E-state index is 10.7. The fourth-order valence-electron chi connectivity index (χ4n) is 4.20. The van der Waals surface area contributed by atoms with Crippen molar-refractivity contribution in [3.8, 4) is 0 Å². The van der Waals surface area contributed by atoms with Gasteiger partial charge in [-0.25, -0.2) is 0 Å². The predicted molar refractivity (Wildman–Crippen MR) is 146 cm³/mol. The van der Waals surface area contributed by atoms with Crippen molar-refractivity contribution in [3.63, 3.8) is 0 Å². The molecule has 13 heteroatoms. The molecule has 1 unspecified atom stereocenters. The van der Waals surface area contributed by atoms with E-state index in [2.05, 4.69) is 22.1 Å². The molecule has 1 heterocycles. The molecule has 5 atom stereocenters. The van der Waals surface area contributed by atoms with Gasteiger partial charge in [-0.15, -0.1) is 0 Å². The van der Waals surface area contributed by atoms with Crippen molar-refractivity contribution in [2.24, 2.45) is 10.2 Å². The van der Waals surface area contributed by atoms with Crippen LogP contribution in [0.3, 0.4) is 0 Å². The van der Waals surface area contributed by atoms with E-state index in [0.29, 0.717) is 31.0 Å². The van der Waals surface area contributed by atoms with Crippen molar-refractivity contribution in [3.05, 3.63) is 58.6 Å². The van der Waals surface area contributed by atoms with Gasteiger partial charge in [0, 0.05) is 44.1 Å². The molecule has 13 nitrogen and oxygen atoms in total. The molecule has 0 aliphatic carbocycles. The number of nitro benzene ring substituents is 1. The highest BCUT2D eigenvalue weighted by Gasteiger charge is 2.44. The Morgan fingerprint density at radius 1 is 0.925 bits per heavy atom. The largest absolute Gasteiger partial charge is 0.394 e. The van der Waals surface area contributed by atoms with Crippen LogP contribution in [0, 0.1) is 10.1 Å². The molecule has 0 saturated carbocycles. The lowest BCUT2D eigenvalue weighted by Gasteiger charge is -2.39. The van der Waals surface area contributed by atoms with E-state index in [4.69, 9.17) is 14.2 Å². The summed E-state index contributed by atoms with van der Waals surface area (Å²) in [7, 11) is 0. The fourth-order valence-corrected chi connectivity index (χ4v) is 4.20. The zero-order chi connectivity index (χ0) is 28.9. The molecule has 4 N–H and O–H groups in total. The van der Waals surface area contributed by atoms with E-state index in [1.807, 2.05) is 24.3 Å². The Morgan fingerprint density at radius 3 is 2.15 bits per heavy atom. The zero-order valence-electron chi connectivity index (χ0n) is 22.5. The van der Waals surface area contributed by atoms with Crippen LogP contribution in [0.5, 0.6) is 0 Å². The van der Waals surface area contributed by atoms with E-state index in [1.54, 1.807) is 12.1 Å². The van der Waals surface area contributed by atoms with Crippen LogP contribution >= 0.6 is 0 Å². The minimum absolute atomic E-state index is 0.00563. The third-order valence-electron chi connectivity index (χ3n) is 6.53. The van der Waals surface area contributed by atoms with E-state index in [1.165, 1.54) is 12.1 Å². The highest BCUT2D eigenvalue weighted by atomic mass is 16.6. The van der Waals surface area contributed by atoms with E-state index in [9.17, 15) is 30.5 Å². The number of aliphatic hydroxyl groups is 4. The van der Waals surface area contributed by atoms with Crippen LogP contribution in [0.4, 0.5) is 22.7 Å². The molecule has 2 aromatic rings. The Bertz CT molecular complexity index is 1050. The van der Waals surface area contributed by atoms with Gasteiger partial charge in [-0.2, -0.15) is 10.2 Å². The zero-order valence-corrected chi connectivity index (χ0v) is 22.5. The lowest BCUT2D eigenvalue weighted by Crippen LogP contribution is -2.59. The van der Waals surface area contributed by atoms with Crippen molar-refractivity contribution in [1.29, 1.82) is 0 Å². The third-order valence-corrected chi connectivity index (χ3v) is 6.53. The summed E-state index contributed by atoms with van der Waals surface area (Å²) in [4.78, 5) is 12.5. The molecule has 1 saturated heterocycles. The first-order valence-electron chi connectivity index (χ1n) is 13.3. The summed E-state index contributed by atoms with van der Waals surface area (Å²) in [6.45, 7) is 4.55. The first-order valence-corrected chi connectivity index (χ1v) is 13.3. The number of hydrogen-bond acceptors (Lipinski definition) is 12. The summed E-state index contributed by atoms with van der Waals surface area (Å²) in [6, 6.07) is 13.5. The number of aliphatic hydroxyl groups excluding tert-OH is 4. The van der Waals surface area contributed by atoms with E-state index in [0.717, 1.165) is 31.6 Å². The highest BCUT2D eigenvalue weighted by molar-refractivity contribution is 5.53. The summed E-state index contributed by atoms with van der Waals surface area (Å²) in [5.74, 6) is 0. The van der Waals surface area contributed by atoms with Crippen molar-refractivity contribution in [1.82, 2.24) is 0 Å². The van der Waals surface area contributed by atoms with E-state index < -0.39 is 42.2 Å². The second-order valence-electron chi connectivity index (χ2n) is 9.31. The van der Waals surface area contributed by atoms with Crippen molar-refractivity contribution < 1.29 is 39.6 Å². The second kappa shape index (κ2) is 16.3. The summed E-state index contributed by atoms with van der Waals surface area (Å²) >= 11 is 0. The molecule has 0 spiro atoms. The Hall–Kier alpha value is -3.04. The van der Waals surface area contributed by atoms with Gasteiger partial charge in [-0.1, -0.05) is 0 Å². The molecule has 0 amide bonds. The van der Waals surface area contributed by atoms with Crippen molar-refractivity contribution in [2.75, 3.05) is 44.4 Å². The average molecular weight is 563 g/mol. The summed E-state index contributed by atoms with van der Waals surface area (Å²) in [6.07, 6.45) is -3.81. The fraction of sp³-hybridized carbons (Fsp3) is 0.556. The molecule has 1 fully saturated rings. The summed E-state index contributed by atoms with van der Waals surface area (Å²) in [5, 5.41) is 58.1. The SMILES string of the molecule is CCN(CCOCCCCCO[C@H]1[C@H](O)[C@@H](CO)OC(O)[C@@H]1O)c1ccc(N=Nc2ccc([N+](=O)[O-])cc2)cc1. The Morgan fingerprint density at radius 2 is 1.55 bits per heavy atom. The number of benzene rings is 2. The molecular formula is C27H38N4O9. The van der Waals surface area contributed by atoms with Crippen LogP contribution in [-0.4, -0.2) is 95.6 Å². The maximum absolute atomic E-state index is 10.7. The van der Waals surface area contributed by atoms with Gasteiger partial charge < -0.3 is 39.5 Å². The van der Waals surface area contributed by atoms with Crippen LogP contribution < -0.4 is 4.90 Å². The number of azo groups is 1. The van der Waals surface area contributed by atoms with Crippen LogP contribution in [0.2, 0.25) is 0 Å². The molecule has 0 bridgehead atoms. The normalized spacial score (nSPS) is 23.0. The summed E-state index contributed by atoms with van der Waals surface area (Å²) in [5.41, 5.74) is 2.24. The molecule has 2 aromatic carbocycles. The average Bonchev–Trinajstić information content (AvgIpc) is 2.97. The van der Waals surface area contributed by atoms with Crippen molar-refractivity contribution >= 4 is 22.7 Å². The number of nitro groups is 1. The molecule has 0 radical (unpaired) electrons. The van der Waals surface area contributed by atoms with Gasteiger partial charge in [0.2, 0.25) is 0 Å². The smallest absolute Gasteiger partial charge is 0.269 e. The van der Waals surface area contributed by atoms with E-state index >= 15 is 0 Å². The maximum Gasteiger partial charge on any atom is 0.269 e. The summed E-state index contributed by atoms with van der Waals surface area (Å²) < 4.78 is 16.3. The molecule has 0 aromatic heterocycles. The van der Waals surface area contributed by atoms with Gasteiger partial charge in [0.25, 0.3) is 5.69 Å². The molecular weight excluding hydrogens is 524 g/mol. The van der Waals surface area contributed by atoms with Gasteiger partial charge in [-0.3, -0.25) is 10.1 Å². The molecule has 40 heavy (non-hydrogen) atoms. The number of likely N-dealkylation sites (N-methyl/N-ethyl adjacent to an activating group) is 1.